The summed E-state index contributed by atoms with van der Waals surface area (Å²) >= 11 is 0.786. The van der Waals surface area contributed by atoms with Crippen LogP contribution in [-0.4, -0.2) is 31.1 Å². The Morgan fingerprint density at radius 2 is 1.93 bits per heavy atom. The lowest BCUT2D eigenvalue weighted by atomic mass is 10.1. The van der Waals surface area contributed by atoms with Gasteiger partial charge in [0.05, 0.1) is 6.61 Å². The SMILES string of the molecule is CCOc1cccc(CNS(=O)(=O)c2nnc(NC(=O)c3ccccc3C)s2)c1. The number of ether oxygens (including phenoxy) is 1. The number of amides is 1. The highest BCUT2D eigenvalue weighted by molar-refractivity contribution is 7.91. The fourth-order valence-electron chi connectivity index (χ4n) is 2.51. The highest BCUT2D eigenvalue weighted by Gasteiger charge is 2.21. The third-order valence-electron chi connectivity index (χ3n) is 3.92. The van der Waals surface area contributed by atoms with E-state index in [1.807, 2.05) is 26.0 Å². The van der Waals surface area contributed by atoms with E-state index in [2.05, 4.69) is 20.2 Å². The number of anilines is 1. The summed E-state index contributed by atoms with van der Waals surface area (Å²) in [5.41, 5.74) is 2.04. The van der Waals surface area contributed by atoms with E-state index in [-0.39, 0.29) is 21.9 Å². The van der Waals surface area contributed by atoms with Gasteiger partial charge < -0.3 is 4.74 Å². The van der Waals surface area contributed by atoms with Crippen LogP contribution in [0.15, 0.2) is 52.9 Å². The van der Waals surface area contributed by atoms with Crippen LogP contribution in [-0.2, 0) is 16.6 Å². The Morgan fingerprint density at radius 3 is 2.69 bits per heavy atom. The molecule has 0 saturated carbocycles. The summed E-state index contributed by atoms with van der Waals surface area (Å²) in [4.78, 5) is 12.3. The number of aromatic nitrogens is 2. The van der Waals surface area contributed by atoms with Gasteiger partial charge in [-0.25, -0.2) is 13.1 Å². The van der Waals surface area contributed by atoms with Gasteiger partial charge in [0, 0.05) is 12.1 Å². The number of hydrogen-bond donors (Lipinski definition) is 2. The summed E-state index contributed by atoms with van der Waals surface area (Å²) < 4.78 is 32.7. The van der Waals surface area contributed by atoms with Crippen LogP contribution in [0, 0.1) is 6.92 Å². The molecule has 1 amide bonds. The Kier molecular flexibility index (Phi) is 6.57. The van der Waals surface area contributed by atoms with Gasteiger partial charge in [0.25, 0.3) is 15.9 Å². The normalized spacial score (nSPS) is 11.2. The van der Waals surface area contributed by atoms with Crippen LogP contribution < -0.4 is 14.8 Å². The van der Waals surface area contributed by atoms with E-state index in [0.717, 1.165) is 22.5 Å². The maximum absolute atomic E-state index is 12.5. The molecule has 10 heteroatoms. The Bertz CT molecular complexity index is 1110. The van der Waals surface area contributed by atoms with E-state index < -0.39 is 10.0 Å². The smallest absolute Gasteiger partial charge is 0.270 e. The summed E-state index contributed by atoms with van der Waals surface area (Å²) in [6.07, 6.45) is 0. The highest BCUT2D eigenvalue weighted by Crippen LogP contribution is 2.21. The van der Waals surface area contributed by atoms with Crippen molar-refractivity contribution in [2.24, 2.45) is 0 Å². The molecular formula is C19H20N4O4S2. The number of aryl methyl sites for hydroxylation is 1. The van der Waals surface area contributed by atoms with E-state index in [9.17, 15) is 13.2 Å². The third-order valence-corrected chi connectivity index (χ3v) is 6.53. The zero-order valence-corrected chi connectivity index (χ0v) is 17.5. The minimum Gasteiger partial charge on any atom is -0.494 e. The molecule has 0 aliphatic heterocycles. The van der Waals surface area contributed by atoms with Gasteiger partial charge in [-0.1, -0.05) is 41.7 Å². The number of benzene rings is 2. The second kappa shape index (κ2) is 9.12. The largest absolute Gasteiger partial charge is 0.494 e. The molecule has 0 bridgehead atoms. The second-order valence-electron chi connectivity index (χ2n) is 6.05. The number of nitrogens with one attached hydrogen (secondary N) is 2. The second-order valence-corrected chi connectivity index (χ2v) is 8.97. The van der Waals surface area contributed by atoms with Gasteiger partial charge in [0.1, 0.15) is 5.75 Å². The van der Waals surface area contributed by atoms with Crippen molar-refractivity contribution in [2.45, 2.75) is 24.7 Å². The summed E-state index contributed by atoms with van der Waals surface area (Å²) in [6, 6.07) is 14.2. The molecule has 0 spiro atoms. The molecule has 0 aliphatic rings. The van der Waals surface area contributed by atoms with Crippen molar-refractivity contribution in [1.82, 2.24) is 14.9 Å². The Labute approximate surface area is 173 Å². The van der Waals surface area contributed by atoms with E-state index in [1.54, 1.807) is 36.4 Å². The van der Waals surface area contributed by atoms with Crippen LogP contribution in [0.5, 0.6) is 5.75 Å². The van der Waals surface area contributed by atoms with Crippen molar-refractivity contribution in [1.29, 1.82) is 0 Å². The molecule has 0 saturated heterocycles. The molecule has 8 nitrogen and oxygen atoms in total. The average molecular weight is 433 g/mol. The summed E-state index contributed by atoms with van der Waals surface area (Å²) in [7, 11) is -3.87. The minimum atomic E-state index is -3.87. The van der Waals surface area contributed by atoms with Crippen molar-refractivity contribution in [3.05, 3.63) is 65.2 Å². The molecule has 3 aromatic rings. The third kappa shape index (κ3) is 5.37. The van der Waals surface area contributed by atoms with Crippen LogP contribution in [0.2, 0.25) is 0 Å². The van der Waals surface area contributed by atoms with Gasteiger partial charge in [0.15, 0.2) is 0 Å². The van der Waals surface area contributed by atoms with Gasteiger partial charge in [-0.2, -0.15) is 0 Å². The maximum atomic E-state index is 12.5. The van der Waals surface area contributed by atoms with E-state index in [1.165, 1.54) is 0 Å². The lowest BCUT2D eigenvalue weighted by Crippen LogP contribution is -2.23. The standard InChI is InChI=1S/C19H20N4O4S2/c1-3-27-15-9-6-8-14(11-15)12-20-29(25,26)19-23-22-18(28-19)21-17(24)16-10-5-4-7-13(16)2/h4-11,20H,3,12H2,1-2H3,(H,21,22,24). The number of hydrogen-bond acceptors (Lipinski definition) is 7. The summed E-state index contributed by atoms with van der Waals surface area (Å²) in [6.45, 7) is 4.29. The van der Waals surface area contributed by atoms with Gasteiger partial charge in [0.2, 0.25) is 9.47 Å². The number of nitrogens with zero attached hydrogens (tertiary/aromatic N) is 2. The Morgan fingerprint density at radius 1 is 1.14 bits per heavy atom. The highest BCUT2D eigenvalue weighted by atomic mass is 32.2. The number of carbonyl (C=O) groups is 1. The van der Waals surface area contributed by atoms with Crippen molar-refractivity contribution in [3.8, 4) is 5.75 Å². The number of sulfonamides is 1. The lowest BCUT2D eigenvalue weighted by molar-refractivity contribution is 0.102. The van der Waals surface area contributed by atoms with Crippen molar-refractivity contribution < 1.29 is 17.9 Å². The monoisotopic (exact) mass is 432 g/mol. The molecule has 0 radical (unpaired) electrons. The molecule has 0 unspecified atom stereocenters. The molecule has 29 heavy (non-hydrogen) atoms. The molecule has 1 heterocycles. The molecule has 2 N–H and O–H groups in total. The first-order chi connectivity index (χ1) is 13.9. The van der Waals surface area contributed by atoms with Crippen LogP contribution in [0.1, 0.15) is 28.4 Å². The first-order valence-corrected chi connectivity index (χ1v) is 11.1. The van der Waals surface area contributed by atoms with E-state index >= 15 is 0 Å². The van der Waals surface area contributed by atoms with E-state index in [0.29, 0.717) is 17.9 Å². The molecule has 3 rings (SSSR count). The van der Waals surface area contributed by atoms with Crippen LogP contribution in [0.4, 0.5) is 5.13 Å². The molecule has 0 fully saturated rings. The summed E-state index contributed by atoms with van der Waals surface area (Å²) in [5.74, 6) is 0.296. The zero-order valence-electron chi connectivity index (χ0n) is 15.9. The Balaban J connectivity index is 1.66. The first-order valence-electron chi connectivity index (χ1n) is 8.81. The molecule has 1 aromatic heterocycles. The Hall–Kier alpha value is -2.82. The molecule has 0 atom stereocenters. The molecule has 0 aliphatic carbocycles. The fraction of sp³-hybridized carbons (Fsp3) is 0.211. The van der Waals surface area contributed by atoms with Crippen molar-refractivity contribution >= 4 is 32.4 Å². The molecule has 2 aromatic carbocycles. The van der Waals surface area contributed by atoms with Crippen molar-refractivity contribution in [3.63, 3.8) is 0 Å². The quantitative estimate of drug-likeness (QED) is 0.530. The maximum Gasteiger partial charge on any atom is 0.270 e. The van der Waals surface area contributed by atoms with E-state index in [4.69, 9.17) is 4.74 Å². The predicted octanol–water partition coefficient (Wildman–Crippen LogP) is 2.98. The average Bonchev–Trinajstić information content (AvgIpc) is 3.17. The fourth-order valence-corrected chi connectivity index (χ4v) is 4.47. The van der Waals surface area contributed by atoms with Gasteiger partial charge >= 0.3 is 0 Å². The zero-order chi connectivity index (χ0) is 20.9. The molecular weight excluding hydrogens is 412 g/mol. The lowest BCUT2D eigenvalue weighted by Gasteiger charge is -2.07. The minimum absolute atomic E-state index is 0.0771. The van der Waals surface area contributed by atoms with Gasteiger partial charge in [-0.05, 0) is 43.2 Å². The van der Waals surface area contributed by atoms with Crippen LogP contribution in [0.3, 0.4) is 0 Å². The number of carbonyl (C=O) groups excluding carboxylic acids is 1. The number of rotatable bonds is 8. The first kappa shape index (κ1) is 20.9. The topological polar surface area (TPSA) is 110 Å². The van der Waals surface area contributed by atoms with Crippen molar-refractivity contribution in [2.75, 3.05) is 11.9 Å². The van der Waals surface area contributed by atoms with Gasteiger partial charge in [-0.15, -0.1) is 10.2 Å². The predicted molar refractivity (Wildman–Crippen MR) is 111 cm³/mol. The summed E-state index contributed by atoms with van der Waals surface area (Å²) in [5, 5.41) is 10.2. The van der Waals surface area contributed by atoms with Crippen LogP contribution >= 0.6 is 11.3 Å². The van der Waals surface area contributed by atoms with Gasteiger partial charge in [-0.3, -0.25) is 10.1 Å². The van der Waals surface area contributed by atoms with Crippen LogP contribution in [0.25, 0.3) is 0 Å². The molecule has 152 valence electrons.